The van der Waals surface area contributed by atoms with Crippen LogP contribution in [0.4, 0.5) is 0 Å². The van der Waals surface area contributed by atoms with Gasteiger partial charge in [0.1, 0.15) is 0 Å². The van der Waals surface area contributed by atoms with Crippen LogP contribution in [0, 0.1) is 0 Å². The van der Waals surface area contributed by atoms with Crippen LogP contribution in [0.25, 0.3) is 0 Å². The number of carbonyl (C=O) groups is 1. The molecule has 6 heteroatoms. The molecule has 2 aliphatic rings. The molecule has 2 fully saturated rings. The van der Waals surface area contributed by atoms with Crippen molar-refractivity contribution in [3.8, 4) is 0 Å². The third-order valence-corrected chi connectivity index (χ3v) is 3.74. The molecule has 0 aromatic carbocycles. The molecule has 0 aliphatic carbocycles. The fourth-order valence-electron chi connectivity index (χ4n) is 2.75. The first kappa shape index (κ1) is 11.7. The van der Waals surface area contributed by atoms with Gasteiger partial charge in [0.15, 0.2) is 5.69 Å². The normalized spacial score (nSPS) is 31.9. The van der Waals surface area contributed by atoms with Crippen LogP contribution >= 0.6 is 0 Å². The van der Waals surface area contributed by atoms with Crippen molar-refractivity contribution < 1.29 is 19.4 Å². The first-order valence-electron chi connectivity index (χ1n) is 6.19. The zero-order valence-corrected chi connectivity index (χ0v) is 10.0. The zero-order valence-electron chi connectivity index (χ0n) is 10.0. The topological polar surface area (TPSA) is 73.6 Å². The van der Waals surface area contributed by atoms with Gasteiger partial charge in [-0.05, 0) is 12.5 Å². The standard InChI is InChI=1S/C12H16N2O4/c15-11(16)10-1-4-14(13-10)9-2-5-18-12(7-9)3-6-17-8-12/h1,4,9H,2-3,5-8H2,(H,15,16). The van der Waals surface area contributed by atoms with Crippen LogP contribution in [0.5, 0.6) is 0 Å². The maximum Gasteiger partial charge on any atom is 0.356 e. The Morgan fingerprint density at radius 1 is 1.56 bits per heavy atom. The Bertz CT molecular complexity index is 451. The Morgan fingerprint density at radius 2 is 2.44 bits per heavy atom. The summed E-state index contributed by atoms with van der Waals surface area (Å²) >= 11 is 0. The van der Waals surface area contributed by atoms with E-state index >= 15 is 0 Å². The summed E-state index contributed by atoms with van der Waals surface area (Å²) in [5.74, 6) is -0.986. The van der Waals surface area contributed by atoms with Crippen LogP contribution in [0.3, 0.4) is 0 Å². The molecule has 6 nitrogen and oxygen atoms in total. The van der Waals surface area contributed by atoms with Gasteiger partial charge in [-0.1, -0.05) is 0 Å². The minimum atomic E-state index is -0.986. The maximum absolute atomic E-state index is 10.8. The van der Waals surface area contributed by atoms with Crippen LogP contribution < -0.4 is 0 Å². The molecule has 2 aliphatic heterocycles. The number of hydrogen-bond acceptors (Lipinski definition) is 4. The van der Waals surface area contributed by atoms with Crippen molar-refractivity contribution in [2.75, 3.05) is 19.8 Å². The molecule has 1 N–H and O–H groups in total. The molecule has 3 rings (SSSR count). The summed E-state index contributed by atoms with van der Waals surface area (Å²) < 4.78 is 13.0. The molecule has 1 aromatic rings. The minimum Gasteiger partial charge on any atom is -0.476 e. The highest BCUT2D eigenvalue weighted by atomic mass is 16.6. The van der Waals surface area contributed by atoms with Crippen molar-refractivity contribution in [1.29, 1.82) is 0 Å². The second kappa shape index (κ2) is 4.37. The number of carboxylic acid groups (broad SMARTS) is 1. The smallest absolute Gasteiger partial charge is 0.356 e. The molecule has 0 radical (unpaired) electrons. The second-order valence-corrected chi connectivity index (χ2v) is 4.97. The maximum atomic E-state index is 10.8. The lowest BCUT2D eigenvalue weighted by atomic mass is 9.90. The van der Waals surface area contributed by atoms with Gasteiger partial charge in [0.2, 0.25) is 0 Å². The van der Waals surface area contributed by atoms with Crippen molar-refractivity contribution in [1.82, 2.24) is 9.78 Å². The summed E-state index contributed by atoms with van der Waals surface area (Å²) in [5.41, 5.74) is -0.0867. The number of rotatable bonds is 2. The van der Waals surface area contributed by atoms with Gasteiger partial charge in [0.25, 0.3) is 0 Å². The van der Waals surface area contributed by atoms with Crippen molar-refractivity contribution in [3.63, 3.8) is 0 Å². The second-order valence-electron chi connectivity index (χ2n) is 4.97. The Labute approximate surface area is 104 Å². The van der Waals surface area contributed by atoms with Gasteiger partial charge in [-0.15, -0.1) is 0 Å². The molecule has 2 atom stereocenters. The van der Waals surface area contributed by atoms with Crippen LogP contribution in [0.15, 0.2) is 12.3 Å². The predicted molar refractivity (Wildman–Crippen MR) is 61.6 cm³/mol. The van der Waals surface area contributed by atoms with Gasteiger partial charge in [0.05, 0.1) is 18.2 Å². The first-order valence-corrected chi connectivity index (χ1v) is 6.19. The van der Waals surface area contributed by atoms with Gasteiger partial charge < -0.3 is 14.6 Å². The largest absolute Gasteiger partial charge is 0.476 e. The van der Waals surface area contributed by atoms with Crippen LogP contribution in [-0.2, 0) is 9.47 Å². The van der Waals surface area contributed by atoms with E-state index in [0.717, 1.165) is 25.9 Å². The van der Waals surface area contributed by atoms with Crippen molar-refractivity contribution in [3.05, 3.63) is 18.0 Å². The third-order valence-electron chi connectivity index (χ3n) is 3.74. The number of carboxylic acids is 1. The molecule has 3 heterocycles. The molecular formula is C12H16N2O4. The lowest BCUT2D eigenvalue weighted by Crippen LogP contribution is -2.41. The van der Waals surface area contributed by atoms with Gasteiger partial charge in [-0.2, -0.15) is 5.10 Å². The van der Waals surface area contributed by atoms with Crippen molar-refractivity contribution in [2.45, 2.75) is 30.9 Å². The van der Waals surface area contributed by atoms with E-state index in [4.69, 9.17) is 14.6 Å². The van der Waals surface area contributed by atoms with E-state index < -0.39 is 5.97 Å². The average Bonchev–Trinajstić information content (AvgIpc) is 2.98. The van der Waals surface area contributed by atoms with Crippen LogP contribution in [-0.4, -0.2) is 46.3 Å². The van der Waals surface area contributed by atoms with E-state index in [2.05, 4.69) is 5.10 Å². The molecular weight excluding hydrogens is 236 g/mol. The molecule has 1 aromatic heterocycles. The van der Waals surface area contributed by atoms with Crippen LogP contribution in [0.1, 0.15) is 35.8 Å². The molecule has 0 saturated carbocycles. The van der Waals surface area contributed by atoms with Gasteiger partial charge in [-0.3, -0.25) is 4.68 Å². The van der Waals surface area contributed by atoms with E-state index in [0.29, 0.717) is 13.2 Å². The monoisotopic (exact) mass is 252 g/mol. The minimum absolute atomic E-state index is 0.0956. The van der Waals surface area contributed by atoms with E-state index in [-0.39, 0.29) is 17.3 Å². The Morgan fingerprint density at radius 3 is 3.11 bits per heavy atom. The first-order chi connectivity index (χ1) is 8.69. The molecule has 2 unspecified atom stereocenters. The lowest BCUT2D eigenvalue weighted by Gasteiger charge is -2.37. The van der Waals surface area contributed by atoms with Gasteiger partial charge >= 0.3 is 5.97 Å². The molecule has 98 valence electrons. The van der Waals surface area contributed by atoms with Gasteiger partial charge in [0, 0.05) is 32.3 Å². The molecule has 0 amide bonds. The van der Waals surface area contributed by atoms with Crippen LogP contribution in [0.2, 0.25) is 0 Å². The quantitative estimate of drug-likeness (QED) is 0.853. The zero-order chi connectivity index (χ0) is 12.6. The lowest BCUT2D eigenvalue weighted by molar-refractivity contribution is -0.0962. The highest BCUT2D eigenvalue weighted by Crippen LogP contribution is 2.37. The predicted octanol–water partition coefficient (Wildman–Crippen LogP) is 1.09. The Hall–Kier alpha value is -1.40. The summed E-state index contributed by atoms with van der Waals surface area (Å²) in [4.78, 5) is 10.8. The van der Waals surface area contributed by atoms with Gasteiger partial charge in [-0.25, -0.2) is 4.79 Å². The fraction of sp³-hybridized carbons (Fsp3) is 0.667. The Balaban J connectivity index is 1.76. The van der Waals surface area contributed by atoms with E-state index in [1.807, 2.05) is 0 Å². The van der Waals surface area contributed by atoms with Crippen molar-refractivity contribution in [2.24, 2.45) is 0 Å². The highest BCUT2D eigenvalue weighted by Gasteiger charge is 2.41. The van der Waals surface area contributed by atoms with Crippen molar-refractivity contribution >= 4 is 5.97 Å². The summed E-state index contributed by atoms with van der Waals surface area (Å²) in [6, 6.07) is 1.74. The van der Waals surface area contributed by atoms with E-state index in [9.17, 15) is 4.79 Å². The summed E-state index contributed by atoms with van der Waals surface area (Å²) in [6.45, 7) is 2.05. The summed E-state index contributed by atoms with van der Waals surface area (Å²) in [6.07, 6.45) is 4.36. The fourth-order valence-corrected chi connectivity index (χ4v) is 2.75. The van der Waals surface area contributed by atoms with E-state index in [1.54, 1.807) is 10.9 Å². The molecule has 0 bridgehead atoms. The summed E-state index contributed by atoms with van der Waals surface area (Å²) in [7, 11) is 0. The number of hydrogen-bond donors (Lipinski definition) is 1. The number of nitrogens with zero attached hydrogens (tertiary/aromatic N) is 2. The number of aromatic nitrogens is 2. The third kappa shape index (κ3) is 2.02. The number of aromatic carboxylic acids is 1. The highest BCUT2D eigenvalue weighted by molar-refractivity contribution is 5.85. The molecule has 18 heavy (non-hydrogen) atoms. The molecule has 2 saturated heterocycles. The summed E-state index contributed by atoms with van der Waals surface area (Å²) in [5, 5.41) is 13.0. The number of ether oxygens (including phenoxy) is 2. The van der Waals surface area contributed by atoms with E-state index in [1.165, 1.54) is 6.07 Å². The average molecular weight is 252 g/mol. The SMILES string of the molecule is O=C(O)c1ccn(C2CCOC3(CCOC3)C2)n1. The molecule has 1 spiro atoms. The Kier molecular flexibility index (Phi) is 2.83.